The van der Waals surface area contributed by atoms with Gasteiger partial charge in [-0.3, -0.25) is 0 Å². The zero-order valence-electron chi connectivity index (χ0n) is 12.5. The molecule has 3 aromatic rings. The SMILES string of the molecule is O=C(Nc1ccccc1)N1CCc2c([nH]c3ccc(F)cc23)C1. The number of nitrogens with one attached hydrogen (secondary N) is 2. The predicted octanol–water partition coefficient (Wildman–Crippen LogP) is 3.90. The number of amides is 2. The van der Waals surface area contributed by atoms with E-state index in [1.807, 2.05) is 30.3 Å². The molecule has 4 rings (SSSR count). The number of aromatic amines is 1. The number of halogens is 1. The number of rotatable bonds is 1. The zero-order valence-corrected chi connectivity index (χ0v) is 12.5. The van der Waals surface area contributed by atoms with Crippen molar-refractivity contribution in [2.75, 3.05) is 11.9 Å². The molecule has 4 nitrogen and oxygen atoms in total. The molecule has 2 N–H and O–H groups in total. The highest BCUT2D eigenvalue weighted by Crippen LogP contribution is 2.28. The van der Waals surface area contributed by atoms with Gasteiger partial charge in [-0.15, -0.1) is 0 Å². The second kappa shape index (κ2) is 5.43. The van der Waals surface area contributed by atoms with Crippen molar-refractivity contribution in [2.45, 2.75) is 13.0 Å². The number of carbonyl (C=O) groups is 1. The predicted molar refractivity (Wildman–Crippen MR) is 87.8 cm³/mol. The molecular weight excluding hydrogens is 293 g/mol. The third-order valence-electron chi connectivity index (χ3n) is 4.25. The van der Waals surface area contributed by atoms with Crippen LogP contribution in [-0.2, 0) is 13.0 Å². The van der Waals surface area contributed by atoms with Gasteiger partial charge in [0.2, 0.25) is 0 Å². The van der Waals surface area contributed by atoms with Crippen LogP contribution in [0, 0.1) is 5.82 Å². The lowest BCUT2D eigenvalue weighted by atomic mass is 10.0. The van der Waals surface area contributed by atoms with Crippen molar-refractivity contribution < 1.29 is 9.18 Å². The van der Waals surface area contributed by atoms with E-state index < -0.39 is 0 Å². The molecule has 0 aliphatic carbocycles. The van der Waals surface area contributed by atoms with Gasteiger partial charge in [0.1, 0.15) is 5.82 Å². The van der Waals surface area contributed by atoms with Gasteiger partial charge in [0.25, 0.3) is 0 Å². The van der Waals surface area contributed by atoms with E-state index in [-0.39, 0.29) is 11.8 Å². The highest BCUT2D eigenvalue weighted by atomic mass is 19.1. The van der Waals surface area contributed by atoms with Gasteiger partial charge in [-0.25, -0.2) is 9.18 Å². The second-order valence-corrected chi connectivity index (χ2v) is 5.74. The first-order chi connectivity index (χ1) is 11.2. The third kappa shape index (κ3) is 2.54. The van der Waals surface area contributed by atoms with Gasteiger partial charge >= 0.3 is 6.03 Å². The number of nitrogens with zero attached hydrogens (tertiary/aromatic N) is 1. The van der Waals surface area contributed by atoms with Crippen LogP contribution in [0.3, 0.4) is 0 Å². The quantitative estimate of drug-likeness (QED) is 0.704. The fourth-order valence-electron chi connectivity index (χ4n) is 3.11. The average molecular weight is 309 g/mol. The number of urea groups is 1. The van der Waals surface area contributed by atoms with Crippen molar-refractivity contribution in [1.82, 2.24) is 9.88 Å². The second-order valence-electron chi connectivity index (χ2n) is 5.74. The first-order valence-corrected chi connectivity index (χ1v) is 7.60. The Hall–Kier alpha value is -2.82. The Bertz CT molecular complexity index is 873. The lowest BCUT2D eigenvalue weighted by Gasteiger charge is -2.27. The van der Waals surface area contributed by atoms with Gasteiger partial charge in [0.15, 0.2) is 0 Å². The summed E-state index contributed by atoms with van der Waals surface area (Å²) in [5.41, 5.74) is 3.80. The molecule has 1 aromatic heterocycles. The van der Waals surface area contributed by atoms with E-state index in [9.17, 15) is 9.18 Å². The lowest BCUT2D eigenvalue weighted by Crippen LogP contribution is -2.38. The van der Waals surface area contributed by atoms with E-state index in [1.165, 1.54) is 6.07 Å². The Balaban J connectivity index is 1.57. The van der Waals surface area contributed by atoms with Crippen LogP contribution in [0.1, 0.15) is 11.3 Å². The van der Waals surface area contributed by atoms with Crippen LogP contribution in [-0.4, -0.2) is 22.5 Å². The van der Waals surface area contributed by atoms with Crippen molar-refractivity contribution in [3.63, 3.8) is 0 Å². The van der Waals surface area contributed by atoms with Gasteiger partial charge in [-0.1, -0.05) is 18.2 Å². The fraction of sp³-hybridized carbons (Fsp3) is 0.167. The standard InChI is InChI=1S/C18H16FN3O/c19-12-6-7-16-15(10-12)14-8-9-22(11-17(14)21-16)18(23)20-13-4-2-1-3-5-13/h1-7,10,21H,8-9,11H2,(H,20,23). The first kappa shape index (κ1) is 13.8. The summed E-state index contributed by atoms with van der Waals surface area (Å²) in [4.78, 5) is 17.5. The number of hydrogen-bond donors (Lipinski definition) is 2. The van der Waals surface area contributed by atoms with Crippen LogP contribution in [0.15, 0.2) is 48.5 Å². The largest absolute Gasteiger partial charge is 0.357 e. The summed E-state index contributed by atoms with van der Waals surface area (Å²) in [5.74, 6) is -0.233. The van der Waals surface area contributed by atoms with E-state index in [4.69, 9.17) is 0 Å². The number of anilines is 1. The molecular formula is C18H16FN3O. The molecule has 2 amide bonds. The number of aromatic nitrogens is 1. The van der Waals surface area contributed by atoms with E-state index in [2.05, 4.69) is 10.3 Å². The Morgan fingerprint density at radius 2 is 2.00 bits per heavy atom. The van der Waals surface area contributed by atoms with Gasteiger partial charge < -0.3 is 15.2 Å². The number of hydrogen-bond acceptors (Lipinski definition) is 1. The van der Waals surface area contributed by atoms with Crippen LogP contribution >= 0.6 is 0 Å². The molecule has 2 aromatic carbocycles. The topological polar surface area (TPSA) is 48.1 Å². The van der Waals surface area contributed by atoms with E-state index in [1.54, 1.807) is 17.0 Å². The molecule has 1 aliphatic heterocycles. The Labute approximate surface area is 132 Å². The Morgan fingerprint density at radius 1 is 1.17 bits per heavy atom. The number of fused-ring (bicyclic) bond motifs is 3. The minimum atomic E-state index is -0.233. The first-order valence-electron chi connectivity index (χ1n) is 7.60. The van der Waals surface area contributed by atoms with Crippen molar-refractivity contribution >= 4 is 22.6 Å². The van der Waals surface area contributed by atoms with Crippen LogP contribution in [0.25, 0.3) is 10.9 Å². The molecule has 1 aliphatic rings. The summed E-state index contributed by atoms with van der Waals surface area (Å²) in [7, 11) is 0. The maximum Gasteiger partial charge on any atom is 0.322 e. The summed E-state index contributed by atoms with van der Waals surface area (Å²) in [6.07, 6.45) is 0.723. The van der Waals surface area contributed by atoms with Crippen LogP contribution in [0.4, 0.5) is 14.9 Å². The molecule has 0 saturated carbocycles. The average Bonchev–Trinajstić information content (AvgIpc) is 2.92. The van der Waals surface area contributed by atoms with Crippen molar-refractivity contribution in [3.8, 4) is 0 Å². The Morgan fingerprint density at radius 3 is 2.83 bits per heavy atom. The monoisotopic (exact) mass is 309 g/mol. The maximum absolute atomic E-state index is 13.4. The van der Waals surface area contributed by atoms with Crippen LogP contribution in [0.5, 0.6) is 0 Å². The third-order valence-corrected chi connectivity index (χ3v) is 4.25. The highest BCUT2D eigenvalue weighted by Gasteiger charge is 2.24. The maximum atomic E-state index is 13.4. The minimum Gasteiger partial charge on any atom is -0.357 e. The number of para-hydroxylation sites is 1. The molecule has 0 spiro atoms. The zero-order chi connectivity index (χ0) is 15.8. The number of carbonyl (C=O) groups excluding carboxylic acids is 1. The molecule has 0 saturated heterocycles. The van der Waals surface area contributed by atoms with Crippen molar-refractivity contribution in [1.29, 1.82) is 0 Å². The van der Waals surface area contributed by atoms with Crippen molar-refractivity contribution in [3.05, 3.63) is 65.6 Å². The van der Waals surface area contributed by atoms with Crippen LogP contribution < -0.4 is 5.32 Å². The Kier molecular flexibility index (Phi) is 3.26. The van der Waals surface area contributed by atoms with Crippen molar-refractivity contribution in [2.24, 2.45) is 0 Å². The number of H-pyrrole nitrogens is 1. The summed E-state index contributed by atoms with van der Waals surface area (Å²) in [5, 5.41) is 3.82. The van der Waals surface area contributed by atoms with E-state index in [0.717, 1.165) is 34.3 Å². The van der Waals surface area contributed by atoms with Gasteiger partial charge in [0.05, 0.1) is 6.54 Å². The summed E-state index contributed by atoms with van der Waals surface area (Å²) < 4.78 is 13.4. The minimum absolute atomic E-state index is 0.119. The summed E-state index contributed by atoms with van der Waals surface area (Å²) >= 11 is 0. The molecule has 0 atom stereocenters. The van der Waals surface area contributed by atoms with E-state index in [0.29, 0.717) is 13.1 Å². The molecule has 5 heteroatoms. The molecule has 0 unspecified atom stereocenters. The molecule has 0 fully saturated rings. The van der Waals surface area contributed by atoms with Crippen LogP contribution in [0.2, 0.25) is 0 Å². The summed E-state index contributed by atoms with van der Waals surface area (Å²) in [6.45, 7) is 1.12. The van der Waals surface area contributed by atoms with E-state index >= 15 is 0 Å². The molecule has 2 heterocycles. The molecule has 0 radical (unpaired) electrons. The van der Waals surface area contributed by atoms with Gasteiger partial charge in [-0.05, 0) is 42.3 Å². The normalized spacial score (nSPS) is 13.9. The number of benzene rings is 2. The smallest absolute Gasteiger partial charge is 0.322 e. The molecule has 23 heavy (non-hydrogen) atoms. The van der Waals surface area contributed by atoms with Gasteiger partial charge in [-0.2, -0.15) is 0 Å². The molecule has 116 valence electrons. The van der Waals surface area contributed by atoms with Gasteiger partial charge in [0, 0.05) is 28.8 Å². The highest BCUT2D eigenvalue weighted by molar-refractivity contribution is 5.90. The lowest BCUT2D eigenvalue weighted by molar-refractivity contribution is 0.206. The summed E-state index contributed by atoms with van der Waals surface area (Å²) in [6, 6.07) is 14.0. The fourth-order valence-corrected chi connectivity index (χ4v) is 3.11. The molecule has 0 bridgehead atoms.